The molecule has 0 aliphatic rings. The van der Waals surface area contributed by atoms with E-state index in [9.17, 15) is 4.79 Å². The molecule has 0 N–H and O–H groups in total. The lowest BCUT2D eigenvalue weighted by molar-refractivity contribution is -0.191. The van der Waals surface area contributed by atoms with Crippen LogP contribution in [0.2, 0.25) is 0 Å². The predicted molar refractivity (Wildman–Crippen MR) is 170 cm³/mol. The van der Waals surface area contributed by atoms with Crippen LogP contribution >= 0.6 is 0 Å². The van der Waals surface area contributed by atoms with E-state index in [0.29, 0.717) is 11.1 Å². The van der Waals surface area contributed by atoms with E-state index in [-0.39, 0.29) is 30.7 Å². The molecule has 0 radical (unpaired) electrons. The van der Waals surface area contributed by atoms with Gasteiger partial charge in [0.1, 0.15) is 12.3 Å². The number of nitrogens with zero attached hydrogens (tertiary/aromatic N) is 3. The second-order valence-corrected chi connectivity index (χ2v) is 12.6. The first-order valence-electron chi connectivity index (χ1n) is 15.4. The van der Waals surface area contributed by atoms with Crippen molar-refractivity contribution in [2.75, 3.05) is 0 Å². The zero-order chi connectivity index (χ0) is 32.9. The first kappa shape index (κ1) is 47.8. The van der Waals surface area contributed by atoms with E-state index in [1.165, 1.54) is 25.7 Å². The van der Waals surface area contributed by atoms with E-state index in [4.69, 9.17) is 14.3 Å². The van der Waals surface area contributed by atoms with Gasteiger partial charge in [-0.3, -0.25) is 4.79 Å². The highest BCUT2D eigenvalue weighted by Crippen LogP contribution is 2.16. The number of hydrogen-bond acceptors (Lipinski definition) is 6. The van der Waals surface area contributed by atoms with E-state index in [1.54, 1.807) is 10.9 Å². The molecule has 40 heavy (non-hydrogen) atoms. The van der Waals surface area contributed by atoms with Crippen LogP contribution in [0.5, 0.6) is 0 Å². The van der Waals surface area contributed by atoms with E-state index >= 15 is 0 Å². The molecule has 240 valence electrons. The number of aromatic nitrogens is 3. The highest BCUT2D eigenvalue weighted by Gasteiger charge is 2.13. The molecule has 1 rings (SSSR count). The van der Waals surface area contributed by atoms with Crippen LogP contribution in [-0.4, -0.2) is 27.1 Å². The molecular weight excluding hydrogens is 502 g/mol. The second-order valence-electron chi connectivity index (χ2n) is 12.6. The van der Waals surface area contributed by atoms with Gasteiger partial charge in [0, 0.05) is 6.04 Å². The van der Waals surface area contributed by atoms with Crippen molar-refractivity contribution in [3.63, 3.8) is 0 Å². The molecule has 0 spiro atoms. The summed E-state index contributed by atoms with van der Waals surface area (Å²) in [5, 5.41) is 7.86. The molecule has 0 aliphatic heterocycles. The Kier molecular flexibility index (Phi) is 37.6. The molecule has 1 unspecified atom stereocenters. The lowest BCUT2D eigenvalue weighted by Crippen LogP contribution is -2.13. The van der Waals surface area contributed by atoms with Gasteiger partial charge in [-0.1, -0.05) is 135 Å². The Labute approximate surface area is 249 Å². The van der Waals surface area contributed by atoms with E-state index < -0.39 is 0 Å². The molecule has 1 aromatic heterocycles. The summed E-state index contributed by atoms with van der Waals surface area (Å²) in [5.74, 6) is 2.42. The van der Waals surface area contributed by atoms with Gasteiger partial charge in [0.2, 0.25) is 0 Å². The lowest BCUT2D eigenvalue weighted by Gasteiger charge is -2.12. The van der Waals surface area contributed by atoms with Gasteiger partial charge in [0.25, 0.3) is 0 Å². The molecule has 7 nitrogen and oxygen atoms in total. The minimum absolute atomic E-state index is 0.0554. The molecule has 0 aliphatic carbocycles. The molecule has 0 aromatic carbocycles. The van der Waals surface area contributed by atoms with Crippen molar-refractivity contribution in [1.82, 2.24) is 15.0 Å². The summed E-state index contributed by atoms with van der Waals surface area (Å²) >= 11 is 0. The largest absolute Gasteiger partial charge is 0.459 e. The van der Waals surface area contributed by atoms with Crippen LogP contribution in [0.3, 0.4) is 0 Å². The standard InChI is InChI=1S/C11H19N3O2.C6H14.3C5H12.CO2/c1-5-9(4)11(15)16-7-10-6-14(8(2)3)13-12-10;1-5-6(2,3)4;3*1-4-5(2)3;2-1-3/h6,8-9H,5,7H2,1-4H3;5H2,1-4H3;3*5H,4H2,1-3H3;. The third kappa shape index (κ3) is 45.9. The third-order valence-electron chi connectivity index (χ3n) is 5.97. The minimum atomic E-state index is -0.179. The van der Waals surface area contributed by atoms with Gasteiger partial charge >= 0.3 is 12.1 Å². The summed E-state index contributed by atoms with van der Waals surface area (Å²) in [5.41, 5.74) is 1.23. The van der Waals surface area contributed by atoms with E-state index in [2.05, 4.69) is 100 Å². The van der Waals surface area contributed by atoms with Crippen molar-refractivity contribution in [3.8, 4) is 0 Å². The molecule has 0 amide bonds. The quantitative estimate of drug-likeness (QED) is 0.288. The Morgan fingerprint density at radius 3 is 1.32 bits per heavy atom. The topological polar surface area (TPSA) is 91.2 Å². The molecule has 0 fully saturated rings. The Bertz CT molecular complexity index is 665. The summed E-state index contributed by atoms with van der Waals surface area (Å²) in [4.78, 5) is 27.7. The van der Waals surface area contributed by atoms with Gasteiger partial charge in [0.15, 0.2) is 0 Å². The second kappa shape index (κ2) is 31.5. The fourth-order valence-corrected chi connectivity index (χ4v) is 1.09. The SMILES string of the molecule is CCC(C)(C)C.CCC(C)C.CCC(C)C.CCC(C)C.CCC(C)C(=O)OCc1cn(C(C)C)nn1.O=C=O. The summed E-state index contributed by atoms with van der Waals surface area (Å²) in [6.07, 6.45) is 8.03. The lowest BCUT2D eigenvalue weighted by atomic mass is 9.94. The van der Waals surface area contributed by atoms with E-state index in [1.807, 2.05) is 27.7 Å². The average molecular weight is 572 g/mol. The monoisotopic (exact) mass is 572 g/mol. The van der Waals surface area contributed by atoms with Crippen LogP contribution in [0, 0.1) is 29.1 Å². The Morgan fingerprint density at radius 2 is 1.12 bits per heavy atom. The smallest absolute Gasteiger partial charge is 0.373 e. The summed E-state index contributed by atoms with van der Waals surface area (Å²) < 4.78 is 6.86. The Morgan fingerprint density at radius 1 is 0.800 bits per heavy atom. The van der Waals surface area contributed by atoms with Crippen molar-refractivity contribution in [2.24, 2.45) is 29.1 Å². The van der Waals surface area contributed by atoms with Gasteiger partial charge in [-0.15, -0.1) is 5.10 Å². The van der Waals surface area contributed by atoms with Crippen LogP contribution in [-0.2, 0) is 25.7 Å². The van der Waals surface area contributed by atoms with E-state index in [0.717, 1.165) is 24.2 Å². The normalized spacial score (nSPS) is 10.7. The van der Waals surface area contributed by atoms with Crippen molar-refractivity contribution < 1.29 is 19.1 Å². The minimum Gasteiger partial charge on any atom is -0.459 e. The summed E-state index contributed by atoms with van der Waals surface area (Å²) in [6.45, 7) is 36.9. The number of carbonyl (C=O) groups is 1. The first-order chi connectivity index (χ1) is 18.3. The number of ether oxygens (including phenoxy) is 1. The first-order valence-corrected chi connectivity index (χ1v) is 15.4. The van der Waals surface area contributed by atoms with Gasteiger partial charge < -0.3 is 4.74 Å². The fourth-order valence-electron chi connectivity index (χ4n) is 1.09. The van der Waals surface area contributed by atoms with Crippen molar-refractivity contribution >= 4 is 12.1 Å². The highest BCUT2D eigenvalue weighted by molar-refractivity contribution is 5.71. The zero-order valence-electron chi connectivity index (χ0n) is 29.7. The molecule has 1 aromatic rings. The molecule has 0 bridgehead atoms. The van der Waals surface area contributed by atoms with Gasteiger partial charge in [-0.05, 0) is 43.4 Å². The van der Waals surface area contributed by atoms with Crippen molar-refractivity contribution in [3.05, 3.63) is 11.9 Å². The predicted octanol–water partition coefficient (Wildman–Crippen LogP) is 9.96. The molecule has 0 saturated carbocycles. The fraction of sp³-hybridized carbons (Fsp3) is 0.879. The zero-order valence-corrected chi connectivity index (χ0v) is 29.7. The number of esters is 1. The van der Waals surface area contributed by atoms with Gasteiger partial charge in [-0.2, -0.15) is 9.59 Å². The molecular formula is C33H69N3O4. The maximum absolute atomic E-state index is 11.4. The van der Waals surface area contributed by atoms with Crippen LogP contribution in [0.1, 0.15) is 162 Å². The molecule has 0 saturated heterocycles. The van der Waals surface area contributed by atoms with Crippen LogP contribution < -0.4 is 0 Å². The van der Waals surface area contributed by atoms with Gasteiger partial charge in [-0.25, -0.2) is 4.68 Å². The number of rotatable bonds is 8. The number of hydrogen-bond donors (Lipinski definition) is 0. The highest BCUT2D eigenvalue weighted by atomic mass is 16.5. The maximum atomic E-state index is 11.4. The molecule has 7 heteroatoms. The summed E-state index contributed by atoms with van der Waals surface area (Å²) in [6, 6.07) is 0.270. The average Bonchev–Trinajstić information content (AvgIpc) is 3.37. The van der Waals surface area contributed by atoms with Gasteiger partial charge in [0.05, 0.1) is 12.1 Å². The number of carbonyl (C=O) groups excluding carboxylic acids is 3. The van der Waals surface area contributed by atoms with Crippen LogP contribution in [0.4, 0.5) is 0 Å². The summed E-state index contributed by atoms with van der Waals surface area (Å²) in [7, 11) is 0. The third-order valence-corrected chi connectivity index (χ3v) is 5.97. The Hall–Kier alpha value is -2.01. The van der Waals surface area contributed by atoms with Crippen molar-refractivity contribution in [1.29, 1.82) is 0 Å². The molecule has 1 atom stereocenters. The molecule has 1 heterocycles. The van der Waals surface area contributed by atoms with Crippen LogP contribution in [0.15, 0.2) is 6.20 Å². The van der Waals surface area contributed by atoms with Crippen LogP contribution in [0.25, 0.3) is 0 Å². The maximum Gasteiger partial charge on any atom is 0.373 e. The Balaban J connectivity index is -0.000000141. The van der Waals surface area contributed by atoms with Crippen molar-refractivity contribution in [2.45, 2.75) is 162 Å².